The molecule has 1 saturated heterocycles. The van der Waals surface area contributed by atoms with E-state index in [1.165, 1.54) is 0 Å². The van der Waals surface area contributed by atoms with E-state index in [0.717, 1.165) is 22.6 Å². The van der Waals surface area contributed by atoms with Crippen LogP contribution in [0.2, 0.25) is 0 Å². The van der Waals surface area contributed by atoms with Gasteiger partial charge in [-0.2, -0.15) is 4.31 Å². The molecule has 0 amide bonds. The predicted octanol–water partition coefficient (Wildman–Crippen LogP) is 3.39. The molecule has 30 heavy (non-hydrogen) atoms. The van der Waals surface area contributed by atoms with Crippen LogP contribution in [0.25, 0.3) is 10.4 Å². The molecule has 2 atom stereocenters. The van der Waals surface area contributed by atoms with Gasteiger partial charge >= 0.3 is 0 Å². The van der Waals surface area contributed by atoms with Crippen molar-refractivity contribution in [2.45, 2.75) is 23.8 Å². The van der Waals surface area contributed by atoms with Crippen molar-refractivity contribution in [2.24, 2.45) is 5.92 Å². The van der Waals surface area contributed by atoms with E-state index in [1.807, 2.05) is 34.2 Å². The highest BCUT2D eigenvalue weighted by Gasteiger charge is 2.39. The molecule has 6 nitrogen and oxygen atoms in total. The molecule has 0 aliphatic carbocycles. The van der Waals surface area contributed by atoms with Crippen LogP contribution in [0.1, 0.15) is 18.0 Å². The van der Waals surface area contributed by atoms with E-state index >= 15 is 0 Å². The number of thiophene rings is 1. The zero-order chi connectivity index (χ0) is 20.9. The van der Waals surface area contributed by atoms with Crippen LogP contribution in [0.5, 0.6) is 5.75 Å². The molecule has 0 unspecified atom stereocenters. The van der Waals surface area contributed by atoms with Gasteiger partial charge in [0.1, 0.15) is 5.75 Å². The fourth-order valence-electron chi connectivity index (χ4n) is 4.61. The van der Waals surface area contributed by atoms with Gasteiger partial charge < -0.3 is 9.30 Å². The Morgan fingerprint density at radius 2 is 1.83 bits per heavy atom. The third kappa shape index (κ3) is 3.19. The van der Waals surface area contributed by atoms with Gasteiger partial charge in [-0.25, -0.2) is 8.42 Å². The number of sulfonamides is 1. The van der Waals surface area contributed by atoms with E-state index in [2.05, 4.69) is 0 Å². The number of benzene rings is 1. The lowest BCUT2D eigenvalue weighted by Crippen LogP contribution is -2.49. The van der Waals surface area contributed by atoms with E-state index in [4.69, 9.17) is 4.74 Å². The first-order valence-corrected chi connectivity index (χ1v) is 12.2. The fraction of sp³-hybridized carbons (Fsp3) is 0.318. The first-order valence-electron chi connectivity index (χ1n) is 9.89. The molecule has 0 saturated carbocycles. The molecule has 0 N–H and O–H groups in total. The van der Waals surface area contributed by atoms with Crippen LogP contribution >= 0.6 is 11.3 Å². The van der Waals surface area contributed by atoms with Crippen molar-refractivity contribution in [2.75, 3.05) is 20.2 Å². The Bertz CT molecular complexity index is 1230. The zero-order valence-corrected chi connectivity index (χ0v) is 18.2. The van der Waals surface area contributed by atoms with Gasteiger partial charge in [-0.05, 0) is 60.2 Å². The van der Waals surface area contributed by atoms with Crippen molar-refractivity contribution in [1.82, 2.24) is 8.87 Å². The molecule has 3 aromatic rings. The predicted molar refractivity (Wildman–Crippen MR) is 117 cm³/mol. The third-order valence-electron chi connectivity index (χ3n) is 6.05. The molecular weight excluding hydrogens is 420 g/mol. The molecule has 2 aliphatic rings. The zero-order valence-electron chi connectivity index (χ0n) is 16.5. The summed E-state index contributed by atoms with van der Waals surface area (Å²) < 4.78 is 35.0. The maximum Gasteiger partial charge on any atom is 0.259 e. The molecular formula is C22H22N2O4S2. The lowest BCUT2D eigenvalue weighted by molar-refractivity contribution is 0.186. The van der Waals surface area contributed by atoms with Crippen molar-refractivity contribution in [3.8, 4) is 16.2 Å². The molecule has 4 heterocycles. The summed E-state index contributed by atoms with van der Waals surface area (Å²) in [4.78, 5) is 14.4. The molecule has 8 heteroatoms. The smallest absolute Gasteiger partial charge is 0.259 e. The van der Waals surface area contributed by atoms with E-state index in [9.17, 15) is 13.2 Å². The molecule has 1 fully saturated rings. The van der Waals surface area contributed by atoms with E-state index < -0.39 is 10.0 Å². The Morgan fingerprint density at radius 1 is 1.03 bits per heavy atom. The average molecular weight is 443 g/mol. The Labute approximate surface area is 179 Å². The number of pyridine rings is 1. The number of piperidine rings is 1. The number of methoxy groups -OCH3 is 1. The van der Waals surface area contributed by atoms with Crippen molar-refractivity contribution in [3.05, 3.63) is 70.0 Å². The van der Waals surface area contributed by atoms with Crippen LogP contribution in [0.3, 0.4) is 0 Å². The SMILES string of the molecule is COc1ccc(S(=O)(=O)N2C[C@H]3C[C@H](C2)c2ccc(-c4cccs4)c(=O)n2C3)cc1. The van der Waals surface area contributed by atoms with Crippen LogP contribution in [-0.2, 0) is 16.6 Å². The van der Waals surface area contributed by atoms with Gasteiger partial charge in [-0.1, -0.05) is 6.07 Å². The number of fused-ring (bicyclic) bond motifs is 4. The second-order valence-corrected chi connectivity index (χ2v) is 10.7. The quantitative estimate of drug-likeness (QED) is 0.621. The van der Waals surface area contributed by atoms with Gasteiger partial charge in [0.25, 0.3) is 5.56 Å². The van der Waals surface area contributed by atoms with Gasteiger partial charge in [0.15, 0.2) is 0 Å². The van der Waals surface area contributed by atoms with Gasteiger partial charge in [0, 0.05) is 36.1 Å². The number of aromatic nitrogens is 1. The maximum absolute atomic E-state index is 13.2. The number of hydrogen-bond acceptors (Lipinski definition) is 5. The number of rotatable bonds is 4. The molecule has 2 aliphatic heterocycles. The van der Waals surface area contributed by atoms with Crippen LogP contribution in [0, 0.1) is 5.92 Å². The first-order chi connectivity index (χ1) is 14.5. The summed E-state index contributed by atoms with van der Waals surface area (Å²) in [5.74, 6) is 0.774. The summed E-state index contributed by atoms with van der Waals surface area (Å²) in [6, 6.07) is 14.3. The topological polar surface area (TPSA) is 68.6 Å². The van der Waals surface area contributed by atoms with Crippen LogP contribution < -0.4 is 10.3 Å². The summed E-state index contributed by atoms with van der Waals surface area (Å²) in [6.45, 7) is 1.38. The third-order valence-corrected chi connectivity index (χ3v) is 8.80. The molecule has 0 spiro atoms. The number of hydrogen-bond donors (Lipinski definition) is 0. The van der Waals surface area contributed by atoms with Crippen molar-refractivity contribution >= 4 is 21.4 Å². The minimum absolute atomic E-state index is 0.0237. The molecule has 0 radical (unpaired) electrons. The number of nitrogens with zero attached hydrogens (tertiary/aromatic N) is 2. The van der Waals surface area contributed by atoms with Crippen molar-refractivity contribution < 1.29 is 13.2 Å². The summed E-state index contributed by atoms with van der Waals surface area (Å²) >= 11 is 1.56. The van der Waals surface area contributed by atoms with Crippen LogP contribution in [0.15, 0.2) is 63.6 Å². The van der Waals surface area contributed by atoms with Crippen LogP contribution in [-0.4, -0.2) is 37.5 Å². The largest absolute Gasteiger partial charge is 0.497 e. The van der Waals surface area contributed by atoms with E-state index in [1.54, 1.807) is 47.0 Å². The van der Waals surface area contributed by atoms with Gasteiger partial charge in [-0.15, -0.1) is 11.3 Å². The van der Waals surface area contributed by atoms with Crippen molar-refractivity contribution in [1.29, 1.82) is 0 Å². The normalized spacial score (nSPS) is 21.2. The van der Waals surface area contributed by atoms with Gasteiger partial charge in [-0.3, -0.25) is 4.79 Å². The highest BCUT2D eigenvalue weighted by molar-refractivity contribution is 7.89. The van der Waals surface area contributed by atoms with E-state index in [0.29, 0.717) is 25.4 Å². The van der Waals surface area contributed by atoms with Crippen LogP contribution in [0.4, 0.5) is 0 Å². The maximum atomic E-state index is 13.2. The Morgan fingerprint density at radius 3 is 2.53 bits per heavy atom. The molecule has 5 rings (SSSR count). The van der Waals surface area contributed by atoms with Gasteiger partial charge in [0.05, 0.1) is 17.6 Å². The Kier molecular flexibility index (Phi) is 4.80. The fourth-order valence-corrected chi connectivity index (χ4v) is 6.92. The first kappa shape index (κ1) is 19.5. The second kappa shape index (κ2) is 7.37. The van der Waals surface area contributed by atoms with Crippen molar-refractivity contribution in [3.63, 3.8) is 0 Å². The standard InChI is InChI=1S/C22H22N2O4S2/c1-28-17-4-6-18(7-5-17)30(26,27)23-12-15-11-16(14-23)20-9-8-19(21-3-2-10-29-21)22(25)24(20)13-15/h2-10,15-16H,11-14H2,1H3/t15-,16-/m1/s1. The molecule has 2 bridgehead atoms. The van der Waals surface area contributed by atoms with E-state index in [-0.39, 0.29) is 22.3 Å². The molecule has 2 aromatic heterocycles. The highest BCUT2D eigenvalue weighted by atomic mass is 32.2. The minimum Gasteiger partial charge on any atom is -0.497 e. The Balaban J connectivity index is 1.47. The second-order valence-electron chi connectivity index (χ2n) is 7.86. The van der Waals surface area contributed by atoms with Gasteiger partial charge in [0.2, 0.25) is 10.0 Å². The minimum atomic E-state index is -3.59. The lowest BCUT2D eigenvalue weighted by atomic mass is 9.84. The molecule has 156 valence electrons. The number of ether oxygens (including phenoxy) is 1. The Hall–Kier alpha value is -2.42. The molecule has 1 aromatic carbocycles. The monoisotopic (exact) mass is 442 g/mol. The highest BCUT2D eigenvalue weighted by Crippen LogP contribution is 2.38. The summed E-state index contributed by atoms with van der Waals surface area (Å²) in [7, 11) is -2.04. The summed E-state index contributed by atoms with van der Waals surface area (Å²) in [6.07, 6.45) is 0.909. The summed E-state index contributed by atoms with van der Waals surface area (Å²) in [5, 5.41) is 1.97. The summed E-state index contributed by atoms with van der Waals surface area (Å²) in [5.41, 5.74) is 1.68. The lowest BCUT2D eigenvalue weighted by Gasteiger charge is -2.42. The average Bonchev–Trinajstić information content (AvgIpc) is 3.29.